The Bertz CT molecular complexity index is 736. The Hall–Kier alpha value is -0.790. The van der Waals surface area contributed by atoms with Crippen LogP contribution >= 0.6 is 0 Å². The number of nitrogens with zero attached hydrogens (tertiary/aromatic N) is 2. The highest BCUT2D eigenvalue weighted by Crippen LogP contribution is 2.16. The van der Waals surface area contributed by atoms with Gasteiger partial charge in [-0.2, -0.15) is 0 Å². The lowest BCUT2D eigenvalue weighted by molar-refractivity contribution is -0.704. The van der Waals surface area contributed by atoms with Gasteiger partial charge in [-0.25, -0.2) is 9.13 Å². The molecule has 0 saturated heterocycles. The van der Waals surface area contributed by atoms with Gasteiger partial charge in [0, 0.05) is 6.42 Å². The molecule has 0 fully saturated rings. The molecule has 1 heterocycles. The molecule has 1 rings (SSSR count). The largest absolute Gasteiger partial charge is 0.256 e. The molecule has 0 saturated carbocycles. The van der Waals surface area contributed by atoms with Crippen LogP contribution in [-0.4, -0.2) is 4.57 Å². The average molecular weight is 672 g/mol. The molecule has 0 amide bonds. The predicted molar refractivity (Wildman–Crippen MR) is 216 cm³/mol. The highest BCUT2D eigenvalue weighted by atomic mass is 15.1. The molecule has 0 aliphatic rings. The lowest BCUT2D eigenvalue weighted by atomic mass is 10.0. The van der Waals surface area contributed by atoms with Gasteiger partial charge in [-0.1, -0.05) is 226 Å². The Morgan fingerprint density at radius 2 is 0.646 bits per heavy atom. The Balaban J connectivity index is 2.10. The third-order valence-electron chi connectivity index (χ3n) is 11.1. The van der Waals surface area contributed by atoms with E-state index in [1.54, 1.807) is 5.82 Å². The molecule has 0 radical (unpaired) electrons. The molecule has 1 aromatic rings. The minimum Gasteiger partial charge on any atom is -0.234 e. The van der Waals surface area contributed by atoms with Crippen LogP contribution in [0.5, 0.6) is 0 Å². The summed E-state index contributed by atoms with van der Waals surface area (Å²) in [6, 6.07) is 0. The lowest BCUT2D eigenvalue weighted by Gasteiger charge is -2.07. The maximum absolute atomic E-state index is 2.64. The zero-order chi connectivity index (χ0) is 34.4. The molecule has 2 nitrogen and oxygen atoms in total. The molecule has 0 spiro atoms. The molecule has 0 aliphatic carbocycles. The lowest BCUT2D eigenvalue weighted by Crippen LogP contribution is -2.37. The van der Waals surface area contributed by atoms with Crippen LogP contribution in [0.15, 0.2) is 12.4 Å². The maximum atomic E-state index is 2.64. The third-order valence-corrected chi connectivity index (χ3v) is 11.1. The second-order valence-electron chi connectivity index (χ2n) is 15.9. The van der Waals surface area contributed by atoms with Crippen molar-refractivity contribution in [2.24, 2.45) is 0 Å². The van der Waals surface area contributed by atoms with Gasteiger partial charge in [0.25, 0.3) is 5.82 Å². The first-order valence-electron chi connectivity index (χ1n) is 22.9. The van der Waals surface area contributed by atoms with E-state index in [9.17, 15) is 0 Å². The van der Waals surface area contributed by atoms with Crippen LogP contribution in [-0.2, 0) is 19.5 Å². The van der Waals surface area contributed by atoms with E-state index >= 15 is 0 Å². The van der Waals surface area contributed by atoms with E-state index in [1.165, 1.54) is 257 Å². The highest BCUT2D eigenvalue weighted by Gasteiger charge is 2.16. The molecule has 0 N–H and O–H groups in total. The molecular formula is C46H91N2+. The molecule has 2 heteroatoms. The number of hydrogen-bond donors (Lipinski definition) is 0. The first-order valence-corrected chi connectivity index (χ1v) is 22.9. The van der Waals surface area contributed by atoms with E-state index in [1.807, 2.05) is 0 Å². The summed E-state index contributed by atoms with van der Waals surface area (Å²) in [5.74, 6) is 1.62. The third kappa shape index (κ3) is 29.0. The molecule has 1 aromatic heterocycles. The summed E-state index contributed by atoms with van der Waals surface area (Å²) in [7, 11) is 0. The topological polar surface area (TPSA) is 8.81 Å². The number of unbranched alkanes of at least 4 members (excludes halogenated alkanes) is 34. The fraction of sp³-hybridized carbons (Fsp3) is 0.935. The summed E-state index contributed by atoms with van der Waals surface area (Å²) in [5.41, 5.74) is 0. The average Bonchev–Trinajstić information content (AvgIpc) is 3.48. The Morgan fingerprint density at radius 1 is 0.354 bits per heavy atom. The highest BCUT2D eigenvalue weighted by molar-refractivity contribution is 4.84. The van der Waals surface area contributed by atoms with Crippen molar-refractivity contribution in [1.82, 2.24) is 4.57 Å². The van der Waals surface area contributed by atoms with Crippen LogP contribution in [0.1, 0.15) is 264 Å². The van der Waals surface area contributed by atoms with Crippen LogP contribution in [0.25, 0.3) is 0 Å². The van der Waals surface area contributed by atoms with Crippen molar-refractivity contribution in [3.63, 3.8) is 0 Å². The van der Waals surface area contributed by atoms with E-state index in [2.05, 4.69) is 42.3 Å². The standard InChI is InChI=1S/C46H91N2/c1-4-7-10-13-15-17-19-21-23-25-27-29-31-33-35-37-40-43-48-45-44-47(42-39-12-9-6-3)46(48)41-38-36-34-32-30-28-26-24-22-20-18-16-14-11-8-5-2/h44-45H,4-43H2,1-3H3/q+1. The fourth-order valence-corrected chi connectivity index (χ4v) is 7.74. The first-order chi connectivity index (χ1) is 23.8. The SMILES string of the molecule is CCCCCCCCCCCCCCCCCCC[n+]1ccn(CCCCCC)c1CCCCCCCCCCCCCCCCCC. The molecule has 0 unspecified atom stereocenters. The fourth-order valence-electron chi connectivity index (χ4n) is 7.74. The van der Waals surface area contributed by atoms with Crippen molar-refractivity contribution < 1.29 is 4.57 Å². The van der Waals surface area contributed by atoms with Gasteiger partial charge in [0.05, 0.1) is 13.1 Å². The van der Waals surface area contributed by atoms with Crippen molar-refractivity contribution in [2.45, 2.75) is 278 Å². The normalized spacial score (nSPS) is 11.6. The Kier molecular flexibility index (Phi) is 35.3. The summed E-state index contributed by atoms with van der Waals surface area (Å²) in [6.07, 6.45) is 59.4. The van der Waals surface area contributed by atoms with E-state index in [0.717, 1.165) is 0 Å². The summed E-state index contributed by atoms with van der Waals surface area (Å²) in [4.78, 5) is 0. The van der Waals surface area contributed by atoms with Gasteiger partial charge in [0.2, 0.25) is 0 Å². The van der Waals surface area contributed by atoms with E-state index in [-0.39, 0.29) is 0 Å². The minimum atomic E-state index is 1.22. The monoisotopic (exact) mass is 672 g/mol. The van der Waals surface area contributed by atoms with Crippen molar-refractivity contribution in [1.29, 1.82) is 0 Å². The molecule has 0 aliphatic heterocycles. The summed E-state index contributed by atoms with van der Waals surface area (Å²) in [6.45, 7) is 9.40. The second-order valence-corrected chi connectivity index (χ2v) is 15.9. The number of hydrogen-bond acceptors (Lipinski definition) is 0. The van der Waals surface area contributed by atoms with Crippen LogP contribution in [0.4, 0.5) is 0 Å². The van der Waals surface area contributed by atoms with Crippen molar-refractivity contribution in [3.05, 3.63) is 18.2 Å². The van der Waals surface area contributed by atoms with Crippen LogP contribution in [0, 0.1) is 0 Å². The van der Waals surface area contributed by atoms with E-state index < -0.39 is 0 Å². The van der Waals surface area contributed by atoms with E-state index in [4.69, 9.17) is 0 Å². The zero-order valence-electron chi connectivity index (χ0n) is 33.8. The van der Waals surface area contributed by atoms with Crippen LogP contribution in [0.2, 0.25) is 0 Å². The number of aryl methyl sites for hydroxylation is 2. The molecule has 0 atom stereocenters. The number of aromatic nitrogens is 2. The minimum absolute atomic E-state index is 1.22. The Labute approximate surface area is 304 Å². The molecule has 48 heavy (non-hydrogen) atoms. The van der Waals surface area contributed by atoms with E-state index in [0.29, 0.717) is 0 Å². The van der Waals surface area contributed by atoms with Crippen LogP contribution in [0.3, 0.4) is 0 Å². The first kappa shape index (κ1) is 45.2. The van der Waals surface area contributed by atoms with Gasteiger partial charge >= 0.3 is 0 Å². The maximum Gasteiger partial charge on any atom is 0.256 e. The van der Waals surface area contributed by atoms with Crippen molar-refractivity contribution in [2.75, 3.05) is 0 Å². The second kappa shape index (κ2) is 37.5. The zero-order valence-corrected chi connectivity index (χ0v) is 33.8. The van der Waals surface area contributed by atoms with Gasteiger partial charge in [-0.05, 0) is 32.1 Å². The number of imidazole rings is 1. The van der Waals surface area contributed by atoms with Gasteiger partial charge < -0.3 is 0 Å². The molecule has 0 aromatic carbocycles. The van der Waals surface area contributed by atoms with Gasteiger partial charge in [-0.15, -0.1) is 0 Å². The predicted octanol–water partition coefficient (Wildman–Crippen LogP) is 15.8. The summed E-state index contributed by atoms with van der Waals surface area (Å²) >= 11 is 0. The quantitative estimate of drug-likeness (QED) is 0.0485. The molecule has 0 bridgehead atoms. The van der Waals surface area contributed by atoms with Crippen molar-refractivity contribution >= 4 is 0 Å². The summed E-state index contributed by atoms with van der Waals surface area (Å²) < 4.78 is 5.25. The van der Waals surface area contributed by atoms with Gasteiger partial charge in [0.1, 0.15) is 12.4 Å². The van der Waals surface area contributed by atoms with Gasteiger partial charge in [-0.3, -0.25) is 0 Å². The smallest absolute Gasteiger partial charge is 0.234 e. The molecular weight excluding hydrogens is 581 g/mol. The molecule has 284 valence electrons. The Morgan fingerprint density at radius 3 is 1.00 bits per heavy atom. The number of rotatable bonds is 40. The van der Waals surface area contributed by atoms with Gasteiger partial charge in [0.15, 0.2) is 0 Å². The summed E-state index contributed by atoms with van der Waals surface area (Å²) in [5, 5.41) is 0. The van der Waals surface area contributed by atoms with Crippen molar-refractivity contribution in [3.8, 4) is 0 Å². The van der Waals surface area contributed by atoms with Crippen LogP contribution < -0.4 is 4.57 Å².